The van der Waals surface area contributed by atoms with Gasteiger partial charge >= 0.3 is 5.97 Å². The Kier molecular flexibility index (Phi) is 11.0. The molecule has 0 saturated carbocycles. The molecule has 0 radical (unpaired) electrons. The van der Waals surface area contributed by atoms with E-state index in [4.69, 9.17) is 9.47 Å². The van der Waals surface area contributed by atoms with Crippen LogP contribution in [0.15, 0.2) is 67.3 Å². The summed E-state index contributed by atoms with van der Waals surface area (Å²) in [6, 6.07) is 17.2. The molecule has 0 aliphatic carbocycles. The van der Waals surface area contributed by atoms with Gasteiger partial charge in [-0.3, -0.25) is 19.3 Å². The summed E-state index contributed by atoms with van der Waals surface area (Å²) >= 11 is 0. The molecule has 2 aromatic rings. The normalized spacial score (nSPS) is 12.3. The fraction of sp³-hybridized carbons (Fsp3) is 0.393. The predicted molar refractivity (Wildman–Crippen MR) is 132 cm³/mol. The highest BCUT2D eigenvalue weighted by Crippen LogP contribution is 2.24. The number of rotatable bonds is 13. The zero-order valence-corrected chi connectivity index (χ0v) is 20.4. The smallest absolute Gasteiger partial charge is 0.315 e. The van der Waals surface area contributed by atoms with Crippen molar-refractivity contribution in [3.8, 4) is 5.75 Å². The molecule has 0 aliphatic heterocycles. The largest absolute Gasteiger partial charge is 0.497 e. The Bertz CT molecular complexity index is 956. The quantitative estimate of drug-likeness (QED) is 0.237. The molecule has 6 heteroatoms. The number of benzene rings is 2. The molecule has 6 nitrogen and oxygen atoms in total. The minimum atomic E-state index is -0.628. The molecule has 0 unspecified atom stereocenters. The molecule has 0 fully saturated rings. The third-order valence-corrected chi connectivity index (χ3v) is 5.58. The van der Waals surface area contributed by atoms with Gasteiger partial charge in [-0.1, -0.05) is 55.5 Å². The summed E-state index contributed by atoms with van der Waals surface area (Å²) in [5, 5.41) is 0. The summed E-state index contributed by atoms with van der Waals surface area (Å²) in [5.41, 5.74) is 1.96. The molecular formula is C28H35NO5. The van der Waals surface area contributed by atoms with E-state index in [1.807, 2.05) is 67.6 Å². The van der Waals surface area contributed by atoms with Crippen LogP contribution >= 0.6 is 0 Å². The van der Waals surface area contributed by atoms with Crippen molar-refractivity contribution in [2.75, 3.05) is 13.7 Å². The van der Waals surface area contributed by atoms with Gasteiger partial charge in [-0.25, -0.2) is 0 Å². The monoisotopic (exact) mass is 465 g/mol. The predicted octanol–water partition coefficient (Wildman–Crippen LogP) is 4.96. The molecule has 2 atom stereocenters. The Labute approximate surface area is 202 Å². The summed E-state index contributed by atoms with van der Waals surface area (Å²) in [6.07, 6.45) is 3.19. The number of amides is 2. The first-order valence-electron chi connectivity index (χ1n) is 11.6. The van der Waals surface area contributed by atoms with Crippen LogP contribution in [-0.2, 0) is 32.1 Å². The second-order valence-corrected chi connectivity index (χ2v) is 8.44. The zero-order valence-electron chi connectivity index (χ0n) is 20.4. The van der Waals surface area contributed by atoms with Crippen LogP contribution in [0, 0.1) is 11.8 Å². The van der Waals surface area contributed by atoms with Crippen molar-refractivity contribution in [3.05, 3.63) is 78.4 Å². The maximum atomic E-state index is 13.2. The van der Waals surface area contributed by atoms with Gasteiger partial charge in [0, 0.05) is 6.42 Å². The Hall–Kier alpha value is -3.41. The zero-order chi connectivity index (χ0) is 24.9. The molecule has 182 valence electrons. The van der Waals surface area contributed by atoms with E-state index in [1.165, 1.54) is 4.90 Å². The minimum absolute atomic E-state index is 0.0229. The van der Waals surface area contributed by atoms with Gasteiger partial charge in [-0.05, 0) is 54.9 Å². The average molecular weight is 466 g/mol. The molecule has 2 rings (SSSR count). The first-order chi connectivity index (χ1) is 16.4. The fourth-order valence-corrected chi connectivity index (χ4v) is 3.89. The molecule has 2 amide bonds. The van der Waals surface area contributed by atoms with Crippen LogP contribution in [0.5, 0.6) is 5.75 Å². The number of carbonyl (C=O) groups excluding carboxylic acids is 3. The lowest BCUT2D eigenvalue weighted by molar-refractivity contribution is -0.152. The van der Waals surface area contributed by atoms with E-state index in [2.05, 4.69) is 6.58 Å². The second kappa shape index (κ2) is 14.0. The van der Waals surface area contributed by atoms with Crippen LogP contribution in [0.1, 0.15) is 44.2 Å². The first-order valence-corrected chi connectivity index (χ1v) is 11.6. The van der Waals surface area contributed by atoms with E-state index in [0.717, 1.165) is 29.7 Å². The van der Waals surface area contributed by atoms with Gasteiger partial charge in [0.15, 0.2) is 0 Å². The van der Waals surface area contributed by atoms with Gasteiger partial charge in [0.25, 0.3) is 0 Å². The Morgan fingerprint density at radius 1 is 1.03 bits per heavy atom. The first kappa shape index (κ1) is 26.8. The van der Waals surface area contributed by atoms with Gasteiger partial charge in [0.2, 0.25) is 11.8 Å². The van der Waals surface area contributed by atoms with Crippen LogP contribution in [0.4, 0.5) is 0 Å². The summed E-state index contributed by atoms with van der Waals surface area (Å²) in [6.45, 7) is 7.96. The van der Waals surface area contributed by atoms with Crippen molar-refractivity contribution < 1.29 is 23.9 Å². The number of carbonyl (C=O) groups is 3. The van der Waals surface area contributed by atoms with E-state index in [0.29, 0.717) is 0 Å². The van der Waals surface area contributed by atoms with Gasteiger partial charge in [0.1, 0.15) is 12.2 Å². The van der Waals surface area contributed by atoms with Crippen molar-refractivity contribution in [3.63, 3.8) is 0 Å². The van der Waals surface area contributed by atoms with Gasteiger partial charge in [0.05, 0.1) is 20.3 Å². The third-order valence-electron chi connectivity index (χ3n) is 5.58. The van der Waals surface area contributed by atoms with Crippen molar-refractivity contribution in [1.29, 1.82) is 0 Å². The summed E-state index contributed by atoms with van der Waals surface area (Å²) < 4.78 is 10.2. The van der Waals surface area contributed by atoms with E-state index in [1.54, 1.807) is 14.0 Å². The maximum absolute atomic E-state index is 13.2. The van der Waals surface area contributed by atoms with E-state index in [-0.39, 0.29) is 37.3 Å². The van der Waals surface area contributed by atoms with Crippen LogP contribution in [0.25, 0.3) is 0 Å². The minimum Gasteiger partial charge on any atom is -0.497 e. The van der Waals surface area contributed by atoms with E-state index < -0.39 is 18.3 Å². The lowest BCUT2D eigenvalue weighted by Crippen LogP contribution is -2.38. The Balaban J connectivity index is 2.05. The van der Waals surface area contributed by atoms with Gasteiger partial charge < -0.3 is 9.47 Å². The number of allylic oxidation sites excluding steroid dienone is 1. The topological polar surface area (TPSA) is 72.9 Å². The fourth-order valence-electron chi connectivity index (χ4n) is 3.89. The van der Waals surface area contributed by atoms with E-state index in [9.17, 15) is 14.4 Å². The van der Waals surface area contributed by atoms with Crippen LogP contribution in [-0.4, -0.2) is 36.4 Å². The molecule has 0 aromatic heterocycles. The second-order valence-electron chi connectivity index (χ2n) is 8.44. The third kappa shape index (κ3) is 8.85. The standard InChI is InChI=1S/C28H35NO5/c1-5-22(17-24-13-10-14-25(18-24)33-4)15-21(3)16-26(30)29(20-23-11-8-7-9-12-23)27(31)19-28(32)34-6-2/h5,7-14,18,21-22H,1,6,15-17,19-20H2,2-4H3/t21-,22-/m1/s1. The summed E-state index contributed by atoms with van der Waals surface area (Å²) in [4.78, 5) is 39.0. The number of imide groups is 1. The van der Waals surface area contributed by atoms with Crippen LogP contribution < -0.4 is 4.74 Å². The molecule has 0 saturated heterocycles. The Morgan fingerprint density at radius 2 is 1.74 bits per heavy atom. The molecule has 0 bridgehead atoms. The highest BCUT2D eigenvalue weighted by molar-refractivity contribution is 6.02. The summed E-state index contributed by atoms with van der Waals surface area (Å²) in [7, 11) is 1.64. The van der Waals surface area contributed by atoms with Crippen molar-refractivity contribution in [2.24, 2.45) is 11.8 Å². The van der Waals surface area contributed by atoms with Gasteiger partial charge in [-0.15, -0.1) is 6.58 Å². The molecule has 0 aliphatic rings. The summed E-state index contributed by atoms with van der Waals surface area (Å²) in [5.74, 6) is -0.467. The molecular weight excluding hydrogens is 430 g/mol. The lowest BCUT2D eigenvalue weighted by atomic mass is 9.88. The highest BCUT2D eigenvalue weighted by Gasteiger charge is 2.26. The van der Waals surface area contributed by atoms with E-state index >= 15 is 0 Å². The molecule has 0 N–H and O–H groups in total. The molecule has 2 aromatic carbocycles. The number of hydrogen-bond donors (Lipinski definition) is 0. The molecule has 34 heavy (non-hydrogen) atoms. The number of esters is 1. The number of nitrogens with zero attached hydrogens (tertiary/aromatic N) is 1. The molecule has 0 heterocycles. The van der Waals surface area contributed by atoms with Crippen LogP contribution in [0.3, 0.4) is 0 Å². The Morgan fingerprint density at radius 3 is 2.38 bits per heavy atom. The molecule has 0 spiro atoms. The SMILES string of the molecule is C=C[C@@H](Cc1cccc(OC)c1)C[C@@H](C)CC(=O)N(Cc1ccccc1)C(=O)CC(=O)OCC. The average Bonchev–Trinajstić information content (AvgIpc) is 2.82. The van der Waals surface area contributed by atoms with Gasteiger partial charge in [-0.2, -0.15) is 0 Å². The lowest BCUT2D eigenvalue weighted by Gasteiger charge is -2.24. The number of ether oxygens (including phenoxy) is 2. The highest BCUT2D eigenvalue weighted by atomic mass is 16.5. The van der Waals surface area contributed by atoms with Crippen molar-refractivity contribution >= 4 is 17.8 Å². The number of hydrogen-bond acceptors (Lipinski definition) is 5. The number of methoxy groups -OCH3 is 1. The van der Waals surface area contributed by atoms with Crippen molar-refractivity contribution in [1.82, 2.24) is 4.90 Å². The maximum Gasteiger partial charge on any atom is 0.315 e. The van der Waals surface area contributed by atoms with Crippen molar-refractivity contribution in [2.45, 2.75) is 46.1 Å². The van der Waals surface area contributed by atoms with Crippen LogP contribution in [0.2, 0.25) is 0 Å².